The van der Waals surface area contributed by atoms with E-state index in [2.05, 4.69) is 26.7 Å². The minimum absolute atomic E-state index is 0.0634. The van der Waals surface area contributed by atoms with E-state index in [-0.39, 0.29) is 11.5 Å². The molecule has 0 unspecified atom stereocenters. The molecule has 0 bridgehead atoms. The number of allylic oxidation sites excluding steroid dienone is 1. The number of hydrogen-bond acceptors (Lipinski definition) is 5. The van der Waals surface area contributed by atoms with Gasteiger partial charge in [0.1, 0.15) is 0 Å². The molecule has 0 aliphatic rings. The molecule has 7 heteroatoms. The Labute approximate surface area is 150 Å². The molecule has 0 aliphatic heterocycles. The van der Waals surface area contributed by atoms with Gasteiger partial charge in [-0.2, -0.15) is 0 Å². The second kappa shape index (κ2) is 7.48. The van der Waals surface area contributed by atoms with Crippen molar-refractivity contribution in [2.24, 2.45) is 0 Å². The van der Waals surface area contributed by atoms with Crippen molar-refractivity contribution in [3.63, 3.8) is 0 Å². The van der Waals surface area contributed by atoms with E-state index in [1.54, 1.807) is 10.8 Å². The molecule has 3 aromatic rings. The van der Waals surface area contributed by atoms with Crippen molar-refractivity contribution in [3.8, 4) is 5.69 Å². The third-order valence-corrected chi connectivity index (χ3v) is 4.84. The summed E-state index contributed by atoms with van der Waals surface area (Å²) in [6.45, 7) is 8.18. The van der Waals surface area contributed by atoms with Gasteiger partial charge in [-0.15, -0.1) is 11.7 Å². The normalized spacial score (nSPS) is 10.8. The maximum Gasteiger partial charge on any atom is 0.210 e. The Kier molecular flexibility index (Phi) is 5.14. The summed E-state index contributed by atoms with van der Waals surface area (Å²) < 4.78 is 3.72. The molecule has 2 aromatic heterocycles. The minimum Gasteiger partial charge on any atom is -0.318 e. The van der Waals surface area contributed by atoms with Gasteiger partial charge in [-0.3, -0.25) is 4.79 Å². The van der Waals surface area contributed by atoms with E-state index in [0.717, 1.165) is 22.6 Å². The van der Waals surface area contributed by atoms with Gasteiger partial charge in [-0.05, 0) is 42.5 Å². The Morgan fingerprint density at radius 2 is 2.04 bits per heavy atom. The average Bonchev–Trinajstić information content (AvgIpc) is 3.18. The van der Waals surface area contributed by atoms with Crippen LogP contribution in [0.3, 0.4) is 0 Å². The molecule has 0 N–H and O–H groups in total. The molecule has 2 heterocycles. The molecule has 0 aliphatic carbocycles. The number of nitrogens with zero attached hydrogens (tertiary/aromatic N) is 5. The van der Waals surface area contributed by atoms with Crippen LogP contribution in [0.25, 0.3) is 5.69 Å². The number of thioether (sulfide) groups is 1. The van der Waals surface area contributed by atoms with Gasteiger partial charge in [0.2, 0.25) is 5.16 Å². The molecule has 25 heavy (non-hydrogen) atoms. The van der Waals surface area contributed by atoms with E-state index in [1.165, 1.54) is 11.8 Å². The summed E-state index contributed by atoms with van der Waals surface area (Å²) in [7, 11) is 0. The van der Waals surface area contributed by atoms with Crippen molar-refractivity contribution >= 4 is 17.5 Å². The summed E-state index contributed by atoms with van der Waals surface area (Å²) in [4.78, 5) is 12.7. The van der Waals surface area contributed by atoms with Crippen LogP contribution < -0.4 is 0 Å². The predicted octanol–water partition coefficient (Wildman–Crippen LogP) is 3.24. The third kappa shape index (κ3) is 3.56. The van der Waals surface area contributed by atoms with Crippen LogP contribution in [0.2, 0.25) is 0 Å². The van der Waals surface area contributed by atoms with Crippen LogP contribution in [0.1, 0.15) is 21.7 Å². The Hall–Kier alpha value is -2.67. The maximum atomic E-state index is 12.7. The molecule has 0 spiro atoms. The standard InChI is InChI=1S/C18H19N5OS/c1-4-10-22-18(19-20-21-22)25-12-17(24)16-11-13(2)23(14(16)3)15-8-6-5-7-9-15/h4-9,11H,1,10,12H2,2-3H3. The lowest BCUT2D eigenvalue weighted by Gasteiger charge is -2.09. The van der Waals surface area contributed by atoms with Crippen LogP contribution in [-0.2, 0) is 6.54 Å². The first-order valence-corrected chi connectivity index (χ1v) is 8.87. The summed E-state index contributed by atoms with van der Waals surface area (Å²) in [5.74, 6) is 0.352. The first-order valence-electron chi connectivity index (χ1n) is 7.89. The van der Waals surface area contributed by atoms with Gasteiger partial charge in [-0.25, -0.2) is 4.68 Å². The Morgan fingerprint density at radius 3 is 2.76 bits per heavy atom. The Balaban J connectivity index is 1.79. The molecule has 0 saturated heterocycles. The van der Waals surface area contributed by atoms with Crippen molar-refractivity contribution in [1.29, 1.82) is 0 Å². The van der Waals surface area contributed by atoms with Crippen LogP contribution in [0.5, 0.6) is 0 Å². The zero-order valence-electron chi connectivity index (χ0n) is 14.2. The van der Waals surface area contributed by atoms with Crippen molar-refractivity contribution in [2.45, 2.75) is 25.5 Å². The van der Waals surface area contributed by atoms with Gasteiger partial charge in [-0.1, -0.05) is 36.0 Å². The van der Waals surface area contributed by atoms with Crippen molar-refractivity contribution in [1.82, 2.24) is 24.8 Å². The number of rotatable bonds is 7. The topological polar surface area (TPSA) is 65.6 Å². The van der Waals surface area contributed by atoms with Gasteiger partial charge >= 0.3 is 0 Å². The molecule has 0 atom stereocenters. The van der Waals surface area contributed by atoms with Crippen LogP contribution in [-0.4, -0.2) is 36.3 Å². The van der Waals surface area contributed by atoms with Crippen LogP contribution in [0, 0.1) is 13.8 Å². The monoisotopic (exact) mass is 353 g/mol. The van der Waals surface area contributed by atoms with E-state index in [1.807, 2.05) is 50.2 Å². The quantitative estimate of drug-likeness (QED) is 0.371. The molecule has 6 nitrogen and oxygen atoms in total. The smallest absolute Gasteiger partial charge is 0.210 e. The number of aryl methyl sites for hydroxylation is 1. The number of carbonyl (C=O) groups is 1. The highest BCUT2D eigenvalue weighted by atomic mass is 32.2. The lowest BCUT2D eigenvalue weighted by molar-refractivity contribution is 0.102. The molecule has 3 rings (SSSR count). The highest BCUT2D eigenvalue weighted by molar-refractivity contribution is 7.99. The zero-order chi connectivity index (χ0) is 17.8. The van der Waals surface area contributed by atoms with Crippen molar-refractivity contribution in [3.05, 3.63) is 66.0 Å². The Morgan fingerprint density at radius 1 is 1.28 bits per heavy atom. The van der Waals surface area contributed by atoms with Gasteiger partial charge in [0.15, 0.2) is 5.78 Å². The maximum absolute atomic E-state index is 12.7. The zero-order valence-corrected chi connectivity index (χ0v) is 15.0. The van der Waals surface area contributed by atoms with Gasteiger partial charge in [0.25, 0.3) is 0 Å². The van der Waals surface area contributed by atoms with E-state index < -0.39 is 0 Å². The third-order valence-electron chi connectivity index (χ3n) is 3.88. The van der Waals surface area contributed by atoms with Crippen molar-refractivity contribution < 1.29 is 4.79 Å². The Bertz CT molecular complexity index is 898. The van der Waals surface area contributed by atoms with Crippen LogP contribution in [0.15, 0.2) is 54.2 Å². The summed E-state index contributed by atoms with van der Waals surface area (Å²) in [6, 6.07) is 12.0. The van der Waals surface area contributed by atoms with E-state index in [9.17, 15) is 4.79 Å². The number of Topliss-reactive ketones (excluding diaryl/α,β-unsaturated/α-hetero) is 1. The fraction of sp³-hybridized carbons (Fsp3) is 0.222. The first kappa shape index (κ1) is 17.2. The number of hydrogen-bond donors (Lipinski definition) is 0. The van der Waals surface area contributed by atoms with E-state index in [4.69, 9.17) is 0 Å². The van der Waals surface area contributed by atoms with Crippen LogP contribution >= 0.6 is 11.8 Å². The van der Waals surface area contributed by atoms with Crippen LogP contribution in [0.4, 0.5) is 0 Å². The largest absolute Gasteiger partial charge is 0.318 e. The fourth-order valence-electron chi connectivity index (χ4n) is 2.76. The minimum atomic E-state index is 0.0634. The molecule has 0 radical (unpaired) electrons. The lowest BCUT2D eigenvalue weighted by Crippen LogP contribution is -2.07. The first-order chi connectivity index (χ1) is 12.1. The molecular weight excluding hydrogens is 334 g/mol. The second-order valence-corrected chi connectivity index (χ2v) is 6.54. The number of para-hydroxylation sites is 1. The predicted molar refractivity (Wildman–Crippen MR) is 98.3 cm³/mol. The summed E-state index contributed by atoms with van der Waals surface area (Å²) in [5, 5.41) is 12.1. The molecule has 0 fully saturated rings. The summed E-state index contributed by atoms with van der Waals surface area (Å²) in [5.41, 5.74) is 3.77. The molecule has 0 amide bonds. The molecular formula is C18H19N5OS. The van der Waals surface area contributed by atoms with Crippen molar-refractivity contribution in [2.75, 3.05) is 5.75 Å². The highest BCUT2D eigenvalue weighted by Gasteiger charge is 2.18. The number of ketones is 1. The lowest BCUT2D eigenvalue weighted by atomic mass is 10.2. The second-order valence-electron chi connectivity index (χ2n) is 5.60. The fourth-order valence-corrected chi connectivity index (χ4v) is 3.53. The van der Waals surface area contributed by atoms with E-state index >= 15 is 0 Å². The van der Waals surface area contributed by atoms with E-state index in [0.29, 0.717) is 11.7 Å². The number of benzene rings is 1. The summed E-state index contributed by atoms with van der Waals surface area (Å²) >= 11 is 1.34. The molecule has 0 saturated carbocycles. The number of aromatic nitrogens is 5. The average molecular weight is 353 g/mol. The number of carbonyl (C=O) groups excluding carboxylic acids is 1. The SMILES string of the molecule is C=CCn1nnnc1SCC(=O)c1cc(C)n(-c2ccccc2)c1C. The highest BCUT2D eigenvalue weighted by Crippen LogP contribution is 2.23. The molecule has 128 valence electrons. The van der Waals surface area contributed by atoms with Gasteiger partial charge in [0, 0.05) is 22.6 Å². The van der Waals surface area contributed by atoms with Gasteiger partial charge < -0.3 is 4.57 Å². The summed E-state index contributed by atoms with van der Waals surface area (Å²) in [6.07, 6.45) is 1.72. The number of tetrazole rings is 1. The van der Waals surface area contributed by atoms with Gasteiger partial charge in [0.05, 0.1) is 12.3 Å². The molecule has 1 aromatic carbocycles.